The summed E-state index contributed by atoms with van der Waals surface area (Å²) in [6.07, 6.45) is 1.25. The highest BCUT2D eigenvalue weighted by Gasteiger charge is 2.22. The van der Waals surface area contributed by atoms with Gasteiger partial charge in [-0.05, 0) is 19.1 Å². The molecule has 2 aromatic rings. The van der Waals surface area contributed by atoms with Gasteiger partial charge in [0.1, 0.15) is 18.1 Å². The first kappa shape index (κ1) is 15.8. The molecule has 0 bridgehead atoms. The molecule has 0 spiro atoms. The highest BCUT2D eigenvalue weighted by molar-refractivity contribution is 6.31. The number of nitriles is 1. The average molecular weight is 316 g/mol. The van der Waals surface area contributed by atoms with E-state index >= 15 is 0 Å². The number of halogens is 2. The number of nitrogens with zero attached hydrogens (tertiary/aromatic N) is 3. The molecule has 0 fully saturated rings. The number of hydrogen-bond acceptors (Lipinski definition) is 4. The van der Waals surface area contributed by atoms with Crippen molar-refractivity contribution in [3.05, 3.63) is 52.7 Å². The van der Waals surface area contributed by atoms with E-state index in [9.17, 15) is 9.65 Å². The summed E-state index contributed by atoms with van der Waals surface area (Å²) in [4.78, 5) is 7.95. The third-order valence-corrected chi connectivity index (χ3v) is 3.17. The van der Waals surface area contributed by atoms with Gasteiger partial charge < -0.3 is 4.74 Å². The molecule has 0 aliphatic heterocycles. The summed E-state index contributed by atoms with van der Waals surface area (Å²) in [5, 5.41) is 9.56. The third-order valence-electron chi connectivity index (χ3n) is 2.85. The fraction of sp³-hybridized carbons (Fsp3) is 0.188. The first-order valence-corrected chi connectivity index (χ1v) is 6.73. The SMILES string of the molecule is CC#CCOc1cc(C(C#N)c2c(F)cccc2Cl)ncn1. The van der Waals surface area contributed by atoms with Crippen molar-refractivity contribution in [1.29, 1.82) is 5.26 Å². The minimum Gasteiger partial charge on any atom is -0.464 e. The van der Waals surface area contributed by atoms with Crippen molar-refractivity contribution in [2.45, 2.75) is 12.8 Å². The van der Waals surface area contributed by atoms with E-state index in [0.717, 1.165) is 0 Å². The Balaban J connectivity index is 2.37. The highest BCUT2D eigenvalue weighted by Crippen LogP contribution is 2.31. The predicted molar refractivity (Wildman–Crippen MR) is 79.8 cm³/mol. The molecule has 0 radical (unpaired) electrons. The first-order chi connectivity index (χ1) is 10.7. The van der Waals surface area contributed by atoms with Gasteiger partial charge in [-0.15, -0.1) is 5.92 Å². The summed E-state index contributed by atoms with van der Waals surface area (Å²) < 4.78 is 19.3. The van der Waals surface area contributed by atoms with E-state index in [1.807, 2.05) is 6.07 Å². The minimum atomic E-state index is -0.948. The average Bonchev–Trinajstić information content (AvgIpc) is 2.52. The Bertz CT molecular complexity index is 757. The van der Waals surface area contributed by atoms with Gasteiger partial charge in [-0.3, -0.25) is 0 Å². The van der Waals surface area contributed by atoms with Crippen LogP contribution in [0.1, 0.15) is 24.1 Å². The van der Waals surface area contributed by atoms with Crippen LogP contribution in [0.2, 0.25) is 5.02 Å². The van der Waals surface area contributed by atoms with Crippen molar-refractivity contribution in [3.63, 3.8) is 0 Å². The van der Waals surface area contributed by atoms with E-state index in [1.165, 1.54) is 30.6 Å². The molecule has 0 saturated carbocycles. The third kappa shape index (κ3) is 3.52. The van der Waals surface area contributed by atoms with Gasteiger partial charge in [0.05, 0.1) is 11.8 Å². The Labute approximate surface area is 132 Å². The number of benzene rings is 1. The fourth-order valence-corrected chi connectivity index (χ4v) is 2.11. The van der Waals surface area contributed by atoms with Gasteiger partial charge in [-0.1, -0.05) is 23.6 Å². The molecule has 0 saturated heterocycles. The molecular formula is C16H11ClFN3O. The molecule has 0 amide bonds. The zero-order chi connectivity index (χ0) is 15.9. The maximum Gasteiger partial charge on any atom is 0.217 e. The molecule has 4 nitrogen and oxygen atoms in total. The molecule has 1 atom stereocenters. The maximum atomic E-state index is 14.0. The van der Waals surface area contributed by atoms with E-state index < -0.39 is 11.7 Å². The summed E-state index contributed by atoms with van der Waals surface area (Å²) >= 11 is 6.01. The summed E-state index contributed by atoms with van der Waals surface area (Å²) in [5.74, 6) is 4.18. The van der Waals surface area contributed by atoms with Crippen LogP contribution in [0.15, 0.2) is 30.6 Å². The van der Waals surface area contributed by atoms with Crippen LogP contribution in [-0.2, 0) is 0 Å². The Morgan fingerprint density at radius 2 is 2.23 bits per heavy atom. The smallest absolute Gasteiger partial charge is 0.217 e. The van der Waals surface area contributed by atoms with Gasteiger partial charge in [0.15, 0.2) is 6.61 Å². The Kier molecular flexibility index (Phi) is 5.30. The fourth-order valence-electron chi connectivity index (χ4n) is 1.84. The van der Waals surface area contributed by atoms with Crippen LogP contribution in [0, 0.1) is 29.0 Å². The molecule has 0 N–H and O–H groups in total. The molecule has 0 aliphatic rings. The minimum absolute atomic E-state index is 0.0877. The largest absolute Gasteiger partial charge is 0.464 e. The van der Waals surface area contributed by atoms with Crippen molar-refractivity contribution in [1.82, 2.24) is 9.97 Å². The summed E-state index contributed by atoms with van der Waals surface area (Å²) in [5.41, 5.74) is 0.397. The van der Waals surface area contributed by atoms with Crippen molar-refractivity contribution in [3.8, 4) is 23.8 Å². The normalized spacial score (nSPS) is 11.0. The number of ether oxygens (including phenoxy) is 1. The lowest BCUT2D eigenvalue weighted by molar-refractivity contribution is 0.353. The number of rotatable bonds is 4. The van der Waals surface area contributed by atoms with Crippen LogP contribution in [0.25, 0.3) is 0 Å². The van der Waals surface area contributed by atoms with E-state index in [2.05, 4.69) is 21.8 Å². The number of aromatic nitrogens is 2. The van der Waals surface area contributed by atoms with Gasteiger partial charge in [-0.2, -0.15) is 5.26 Å². The Morgan fingerprint density at radius 1 is 1.41 bits per heavy atom. The topological polar surface area (TPSA) is 58.8 Å². The predicted octanol–water partition coefficient (Wildman–Crippen LogP) is 3.33. The van der Waals surface area contributed by atoms with E-state index in [1.54, 1.807) is 6.92 Å². The lowest BCUT2D eigenvalue weighted by atomic mass is 9.96. The monoisotopic (exact) mass is 315 g/mol. The number of hydrogen-bond donors (Lipinski definition) is 0. The molecule has 1 aromatic carbocycles. The first-order valence-electron chi connectivity index (χ1n) is 6.35. The summed E-state index contributed by atoms with van der Waals surface area (Å²) in [7, 11) is 0. The Hall–Kier alpha value is -2.63. The molecule has 6 heteroatoms. The van der Waals surface area contributed by atoms with Crippen LogP contribution in [0.3, 0.4) is 0 Å². The zero-order valence-corrected chi connectivity index (χ0v) is 12.4. The van der Waals surface area contributed by atoms with Crippen LogP contribution in [0.4, 0.5) is 4.39 Å². The van der Waals surface area contributed by atoms with Crippen LogP contribution in [0.5, 0.6) is 5.88 Å². The molecule has 1 unspecified atom stereocenters. The standard InChI is InChI=1S/C16H11ClFN3O/c1-2-3-7-22-15-8-14(20-10-21-15)11(9-19)16-12(17)5-4-6-13(16)18/h4-6,8,10-11H,7H2,1H3. The quantitative estimate of drug-likeness (QED) is 0.812. The van der Waals surface area contributed by atoms with Gasteiger partial charge in [0.25, 0.3) is 0 Å². The lowest BCUT2D eigenvalue weighted by Crippen LogP contribution is -2.06. The van der Waals surface area contributed by atoms with Gasteiger partial charge in [0, 0.05) is 16.7 Å². The van der Waals surface area contributed by atoms with Crippen molar-refractivity contribution < 1.29 is 9.13 Å². The second kappa shape index (κ2) is 7.40. The van der Waals surface area contributed by atoms with Gasteiger partial charge in [0.2, 0.25) is 5.88 Å². The van der Waals surface area contributed by atoms with E-state index in [-0.39, 0.29) is 23.1 Å². The molecule has 1 heterocycles. The summed E-state index contributed by atoms with van der Waals surface area (Å²) in [6, 6.07) is 7.75. The summed E-state index contributed by atoms with van der Waals surface area (Å²) in [6.45, 7) is 1.87. The molecule has 1 aromatic heterocycles. The van der Waals surface area contributed by atoms with Crippen LogP contribution < -0.4 is 4.74 Å². The van der Waals surface area contributed by atoms with Gasteiger partial charge >= 0.3 is 0 Å². The van der Waals surface area contributed by atoms with Crippen molar-refractivity contribution >= 4 is 11.6 Å². The molecule has 2 rings (SSSR count). The van der Waals surface area contributed by atoms with E-state index in [0.29, 0.717) is 5.69 Å². The maximum absolute atomic E-state index is 14.0. The van der Waals surface area contributed by atoms with Crippen molar-refractivity contribution in [2.24, 2.45) is 0 Å². The zero-order valence-electron chi connectivity index (χ0n) is 11.7. The second-order valence-corrected chi connectivity index (χ2v) is 4.60. The molecular weight excluding hydrogens is 305 g/mol. The second-order valence-electron chi connectivity index (χ2n) is 4.19. The molecule has 110 valence electrons. The van der Waals surface area contributed by atoms with Crippen LogP contribution >= 0.6 is 11.6 Å². The van der Waals surface area contributed by atoms with Crippen LogP contribution in [-0.4, -0.2) is 16.6 Å². The highest BCUT2D eigenvalue weighted by atomic mass is 35.5. The lowest BCUT2D eigenvalue weighted by Gasteiger charge is -2.12. The van der Waals surface area contributed by atoms with Gasteiger partial charge in [-0.25, -0.2) is 14.4 Å². The Morgan fingerprint density at radius 3 is 2.91 bits per heavy atom. The molecule has 22 heavy (non-hydrogen) atoms. The molecule has 0 aliphatic carbocycles. The van der Waals surface area contributed by atoms with E-state index in [4.69, 9.17) is 16.3 Å². The van der Waals surface area contributed by atoms with Crippen molar-refractivity contribution in [2.75, 3.05) is 6.61 Å².